The van der Waals surface area contributed by atoms with Crippen molar-refractivity contribution in [1.29, 1.82) is 0 Å². The van der Waals surface area contributed by atoms with Crippen molar-refractivity contribution in [3.8, 4) is 0 Å². The average Bonchev–Trinajstić information content (AvgIpc) is 2.44. The summed E-state index contributed by atoms with van der Waals surface area (Å²) in [6.45, 7) is 2.82. The van der Waals surface area contributed by atoms with E-state index in [4.69, 9.17) is 10.2 Å². The highest BCUT2D eigenvalue weighted by molar-refractivity contribution is 7.93. The zero-order valence-electron chi connectivity index (χ0n) is 9.01. The van der Waals surface area contributed by atoms with Gasteiger partial charge in [0.25, 0.3) is 0 Å². The van der Waals surface area contributed by atoms with Crippen LogP contribution in [0.5, 0.6) is 0 Å². The Kier molecular flexibility index (Phi) is 3.58. The highest BCUT2D eigenvalue weighted by atomic mass is 32.2. The summed E-state index contributed by atoms with van der Waals surface area (Å²) in [4.78, 5) is 10.5. The number of halogens is 1. The van der Waals surface area contributed by atoms with Crippen molar-refractivity contribution in [2.45, 2.75) is 23.7 Å². The molecule has 1 atom stereocenters. The lowest BCUT2D eigenvalue weighted by atomic mass is 10.1. The molecular formula is C8H11FN2O4S2. The van der Waals surface area contributed by atoms with Crippen LogP contribution in [-0.4, -0.2) is 20.5 Å². The van der Waals surface area contributed by atoms with Gasteiger partial charge in [-0.25, -0.2) is 18.5 Å². The molecule has 9 heteroatoms. The minimum Gasteiger partial charge on any atom is -0.463 e. The van der Waals surface area contributed by atoms with Gasteiger partial charge in [-0.15, -0.1) is 15.7 Å². The number of rotatable bonds is 2. The molecule has 96 valence electrons. The molecule has 1 rings (SSSR count). The monoisotopic (exact) mass is 282 g/mol. The number of carboxylic acid groups (broad SMARTS) is 1. The minimum absolute atomic E-state index is 0.184. The number of nitrogens with two attached hydrogens (primary N) is 1. The maximum absolute atomic E-state index is 13.5. The fourth-order valence-electron chi connectivity index (χ4n) is 1.01. The molecule has 17 heavy (non-hydrogen) atoms. The Morgan fingerprint density at radius 3 is 2.53 bits per heavy atom. The van der Waals surface area contributed by atoms with E-state index in [2.05, 4.69) is 4.36 Å². The van der Waals surface area contributed by atoms with Crippen molar-refractivity contribution >= 4 is 27.3 Å². The van der Waals surface area contributed by atoms with Crippen LogP contribution < -0.4 is 5.14 Å². The van der Waals surface area contributed by atoms with Gasteiger partial charge in [-0.3, -0.25) is 0 Å². The molecule has 6 nitrogen and oxygen atoms in total. The molecule has 1 aromatic heterocycles. The molecule has 0 spiro atoms. The summed E-state index contributed by atoms with van der Waals surface area (Å²) in [5.74, 6) is -0.940. The van der Waals surface area contributed by atoms with E-state index in [1.807, 2.05) is 0 Å². The predicted molar refractivity (Wildman–Crippen MR) is 60.6 cm³/mol. The molecule has 0 radical (unpaired) electrons. The molecule has 1 aromatic rings. The van der Waals surface area contributed by atoms with Crippen molar-refractivity contribution in [3.63, 3.8) is 0 Å². The molecule has 0 aliphatic rings. The molecule has 0 saturated heterocycles. The van der Waals surface area contributed by atoms with Crippen molar-refractivity contribution in [2.24, 2.45) is 9.50 Å². The van der Waals surface area contributed by atoms with Gasteiger partial charge in [0.15, 0.2) is 19.9 Å². The van der Waals surface area contributed by atoms with Gasteiger partial charge in [-0.1, -0.05) is 0 Å². The van der Waals surface area contributed by atoms with Crippen LogP contribution in [0.25, 0.3) is 0 Å². The third kappa shape index (κ3) is 3.22. The van der Waals surface area contributed by atoms with Crippen LogP contribution in [0, 0.1) is 5.82 Å². The zero-order valence-corrected chi connectivity index (χ0v) is 10.6. The number of aliphatic hydroxyl groups is 1. The molecule has 1 amide bonds. The smallest absolute Gasteiger partial charge is 0.440 e. The first-order valence-electron chi connectivity index (χ1n) is 4.34. The third-order valence-corrected chi connectivity index (χ3v) is 5.08. The maximum atomic E-state index is 13.5. The fraction of sp³-hybridized carbons (Fsp3) is 0.375. The summed E-state index contributed by atoms with van der Waals surface area (Å²) < 4.78 is 27.4. The SMILES string of the molecule is CC(C)(O)c1cc(F)c([S@@](N)(=O)=NC(=O)O)s1. The number of carbonyl (C=O) groups is 1. The summed E-state index contributed by atoms with van der Waals surface area (Å²) >= 11 is 0.633. The Balaban J connectivity index is 3.40. The van der Waals surface area contributed by atoms with Gasteiger partial charge in [0, 0.05) is 4.88 Å². The van der Waals surface area contributed by atoms with E-state index in [0.29, 0.717) is 11.3 Å². The molecule has 0 saturated carbocycles. The van der Waals surface area contributed by atoms with Crippen LogP contribution in [0.1, 0.15) is 18.7 Å². The Hall–Kier alpha value is -1.03. The van der Waals surface area contributed by atoms with Gasteiger partial charge < -0.3 is 10.2 Å². The first kappa shape index (κ1) is 14.0. The summed E-state index contributed by atoms with van der Waals surface area (Å²) in [7, 11) is -3.82. The molecule has 0 aromatic carbocycles. The van der Waals surface area contributed by atoms with Crippen LogP contribution in [0.3, 0.4) is 0 Å². The largest absolute Gasteiger partial charge is 0.463 e. The van der Waals surface area contributed by atoms with E-state index in [1.165, 1.54) is 13.8 Å². The second-order valence-corrected chi connectivity index (χ2v) is 6.79. The van der Waals surface area contributed by atoms with Crippen molar-refractivity contribution in [1.82, 2.24) is 0 Å². The number of hydrogen-bond donors (Lipinski definition) is 3. The predicted octanol–water partition coefficient (Wildman–Crippen LogP) is 1.49. The molecular weight excluding hydrogens is 271 g/mol. The van der Waals surface area contributed by atoms with E-state index in [0.717, 1.165) is 6.07 Å². The molecule has 0 aliphatic carbocycles. The lowest BCUT2D eigenvalue weighted by Crippen LogP contribution is -2.14. The Labute approximate surface area is 101 Å². The Morgan fingerprint density at radius 2 is 2.18 bits per heavy atom. The molecule has 0 fully saturated rings. The number of thiophene rings is 1. The van der Waals surface area contributed by atoms with Gasteiger partial charge in [0.1, 0.15) is 0 Å². The average molecular weight is 282 g/mol. The summed E-state index contributed by atoms with van der Waals surface area (Å²) in [5.41, 5.74) is -1.33. The highest BCUT2D eigenvalue weighted by Crippen LogP contribution is 2.32. The van der Waals surface area contributed by atoms with E-state index in [-0.39, 0.29) is 4.88 Å². The second kappa shape index (κ2) is 4.33. The first-order valence-corrected chi connectivity index (χ1v) is 6.73. The van der Waals surface area contributed by atoms with Gasteiger partial charge in [-0.05, 0) is 19.9 Å². The van der Waals surface area contributed by atoms with Crippen molar-refractivity contribution in [3.05, 3.63) is 16.8 Å². The molecule has 1 heterocycles. The Morgan fingerprint density at radius 1 is 1.65 bits per heavy atom. The molecule has 0 bridgehead atoms. The number of hydrogen-bond acceptors (Lipinski definition) is 4. The van der Waals surface area contributed by atoms with Crippen molar-refractivity contribution in [2.75, 3.05) is 0 Å². The first-order chi connectivity index (χ1) is 7.54. The van der Waals surface area contributed by atoms with E-state index in [1.54, 1.807) is 0 Å². The van der Waals surface area contributed by atoms with Crippen LogP contribution in [0.4, 0.5) is 9.18 Å². The molecule has 0 aliphatic heterocycles. The third-order valence-electron chi connectivity index (χ3n) is 1.74. The van der Waals surface area contributed by atoms with Gasteiger partial charge >= 0.3 is 6.09 Å². The zero-order chi connectivity index (χ0) is 13.4. The van der Waals surface area contributed by atoms with Gasteiger partial charge in [0.2, 0.25) is 0 Å². The lowest BCUT2D eigenvalue weighted by molar-refractivity contribution is 0.0823. The van der Waals surface area contributed by atoms with Crippen molar-refractivity contribution < 1.29 is 23.6 Å². The lowest BCUT2D eigenvalue weighted by Gasteiger charge is -2.13. The topological polar surface area (TPSA) is 113 Å². The quantitative estimate of drug-likeness (QED) is 0.762. The summed E-state index contributed by atoms with van der Waals surface area (Å²) in [6, 6.07) is 0.962. The van der Waals surface area contributed by atoms with E-state index in [9.17, 15) is 18.5 Å². The number of nitrogens with zero attached hydrogens (tertiary/aromatic N) is 1. The van der Waals surface area contributed by atoms with Gasteiger partial charge in [0.05, 0.1) is 5.60 Å². The van der Waals surface area contributed by atoms with Crippen LogP contribution in [0.15, 0.2) is 14.6 Å². The molecule has 4 N–H and O–H groups in total. The standard InChI is InChI=1S/C8H11FN2O4S2/c1-8(2,14)5-3-4(9)6(16-5)17(10,15)11-7(12)13/h3,14H,1-2H3,(H,12,13)(H2,10,11,15)/t17-/m0/s1. The van der Waals surface area contributed by atoms with Gasteiger partial charge in [-0.2, -0.15) is 0 Å². The number of amides is 1. The summed E-state index contributed by atoms with van der Waals surface area (Å²) in [6.07, 6.45) is -1.74. The van der Waals surface area contributed by atoms with Crippen LogP contribution in [0.2, 0.25) is 0 Å². The Bertz CT molecular complexity index is 567. The minimum atomic E-state index is -3.82. The van der Waals surface area contributed by atoms with Crippen LogP contribution in [-0.2, 0) is 15.5 Å². The maximum Gasteiger partial charge on any atom is 0.440 e. The van der Waals surface area contributed by atoms with Crippen LogP contribution >= 0.6 is 11.3 Å². The van der Waals surface area contributed by atoms with E-state index < -0.39 is 31.6 Å². The summed E-state index contributed by atoms with van der Waals surface area (Å²) in [5, 5.41) is 23.2. The van der Waals surface area contributed by atoms with E-state index >= 15 is 0 Å². The second-order valence-electron chi connectivity index (χ2n) is 3.75. The fourth-order valence-corrected chi connectivity index (χ4v) is 3.29. The highest BCUT2D eigenvalue weighted by Gasteiger charge is 2.25. The molecule has 0 unspecified atom stereocenters. The normalized spacial score (nSPS) is 15.4.